The van der Waals surface area contributed by atoms with E-state index in [4.69, 9.17) is 0 Å². The summed E-state index contributed by atoms with van der Waals surface area (Å²) in [5.74, 6) is 0.0678. The van der Waals surface area contributed by atoms with E-state index >= 15 is 0 Å². The highest BCUT2D eigenvalue weighted by atomic mass is 16.2. The number of hydrogen-bond acceptors (Lipinski definition) is 6. The number of aromatic amines is 1. The van der Waals surface area contributed by atoms with E-state index in [1.54, 1.807) is 36.4 Å². The van der Waals surface area contributed by atoms with Gasteiger partial charge >= 0.3 is 0 Å². The summed E-state index contributed by atoms with van der Waals surface area (Å²) in [5, 5.41) is 18.5. The van der Waals surface area contributed by atoms with E-state index in [9.17, 15) is 14.9 Å². The van der Waals surface area contributed by atoms with E-state index < -0.39 is 5.41 Å². The lowest BCUT2D eigenvalue weighted by Gasteiger charge is -2.36. The molecule has 0 spiro atoms. The number of rotatable bonds is 3. The van der Waals surface area contributed by atoms with E-state index in [-0.39, 0.29) is 17.4 Å². The predicted molar refractivity (Wildman–Crippen MR) is 114 cm³/mol. The van der Waals surface area contributed by atoms with E-state index in [2.05, 4.69) is 26.2 Å². The second-order valence-electron chi connectivity index (χ2n) is 7.87. The van der Waals surface area contributed by atoms with E-state index in [1.807, 2.05) is 18.2 Å². The highest BCUT2D eigenvalue weighted by Gasteiger charge is 2.39. The first kappa shape index (κ1) is 19.7. The number of H-pyrrole nitrogens is 1. The van der Waals surface area contributed by atoms with Gasteiger partial charge in [-0.15, -0.1) is 5.10 Å². The van der Waals surface area contributed by atoms with Crippen LogP contribution >= 0.6 is 0 Å². The summed E-state index contributed by atoms with van der Waals surface area (Å²) in [4.78, 5) is 34.3. The zero-order valence-corrected chi connectivity index (χ0v) is 17.4. The number of carbonyl (C=O) groups excluding carboxylic acids is 1. The zero-order chi connectivity index (χ0) is 22.3. The molecule has 0 bridgehead atoms. The van der Waals surface area contributed by atoms with Gasteiger partial charge < -0.3 is 4.90 Å². The van der Waals surface area contributed by atoms with Crippen LogP contribution in [-0.2, 0) is 5.41 Å². The Labute approximate surface area is 182 Å². The van der Waals surface area contributed by atoms with Gasteiger partial charge in [0.15, 0.2) is 0 Å². The first-order valence-corrected chi connectivity index (χ1v) is 10.3. The zero-order valence-electron chi connectivity index (χ0n) is 17.4. The van der Waals surface area contributed by atoms with Crippen LogP contribution in [0.3, 0.4) is 0 Å². The fourth-order valence-corrected chi connectivity index (χ4v) is 4.19. The van der Waals surface area contributed by atoms with Crippen LogP contribution in [0.1, 0.15) is 34.6 Å². The van der Waals surface area contributed by atoms with Crippen molar-refractivity contribution in [3.8, 4) is 12.0 Å². The number of hydrogen-bond donors (Lipinski definition) is 1. The number of piperidine rings is 1. The Kier molecular flexibility index (Phi) is 4.59. The summed E-state index contributed by atoms with van der Waals surface area (Å²) in [5.41, 5.74) is 1.20. The summed E-state index contributed by atoms with van der Waals surface area (Å²) in [6, 6.07) is 11.4. The number of fused-ring (bicyclic) bond motifs is 1. The molecule has 1 N–H and O–H groups in total. The molecule has 1 saturated heterocycles. The Morgan fingerprint density at radius 2 is 2.03 bits per heavy atom. The fourth-order valence-electron chi connectivity index (χ4n) is 4.19. The van der Waals surface area contributed by atoms with Gasteiger partial charge in [0, 0.05) is 25.5 Å². The van der Waals surface area contributed by atoms with Gasteiger partial charge in [-0.25, -0.2) is 9.20 Å². The van der Waals surface area contributed by atoms with Crippen LogP contribution in [-0.4, -0.2) is 53.3 Å². The van der Waals surface area contributed by atoms with Gasteiger partial charge in [-0.2, -0.15) is 10.4 Å². The molecule has 4 aromatic rings. The number of carbonyl (C=O) groups is 1. The first-order chi connectivity index (χ1) is 15.5. The number of amides is 1. The van der Waals surface area contributed by atoms with Crippen molar-refractivity contribution in [3.63, 3.8) is 0 Å². The average molecular weight is 428 g/mol. The number of nitriles is 1. The fraction of sp³-hybridized carbons (Fsp3) is 0.273. The van der Waals surface area contributed by atoms with Crippen molar-refractivity contribution >= 4 is 11.4 Å². The van der Waals surface area contributed by atoms with Crippen LogP contribution in [0.2, 0.25) is 0 Å². The lowest BCUT2D eigenvalue weighted by molar-refractivity contribution is 0.0689. The van der Waals surface area contributed by atoms with Crippen LogP contribution in [0.25, 0.3) is 11.5 Å². The standard InChI is InChI=1S/C22H20N8O2/c1-15-16(13-25-30(15)21-26-19(31)17-5-4-10-29(17)27-21)20(32)28-11-7-22(14-23,8-12-28)18-6-2-3-9-24-18/h2-6,9-10,13H,7-8,11-12H2,1H3,(H,26,27,31). The van der Waals surface area contributed by atoms with Crippen LogP contribution in [0.4, 0.5) is 0 Å². The lowest BCUT2D eigenvalue weighted by Crippen LogP contribution is -2.45. The molecule has 0 aliphatic carbocycles. The van der Waals surface area contributed by atoms with Gasteiger partial charge in [0.25, 0.3) is 11.5 Å². The lowest BCUT2D eigenvalue weighted by atomic mass is 9.76. The Morgan fingerprint density at radius 1 is 1.22 bits per heavy atom. The molecule has 1 aliphatic heterocycles. The van der Waals surface area contributed by atoms with Crippen LogP contribution in [0.15, 0.2) is 53.7 Å². The van der Waals surface area contributed by atoms with Crippen molar-refractivity contribution in [2.75, 3.05) is 13.1 Å². The monoisotopic (exact) mass is 428 g/mol. The normalized spacial score (nSPS) is 15.6. The molecule has 0 radical (unpaired) electrons. The van der Waals surface area contributed by atoms with Gasteiger partial charge in [0.05, 0.1) is 29.2 Å². The topological polar surface area (TPSA) is 125 Å². The second kappa shape index (κ2) is 7.46. The van der Waals surface area contributed by atoms with Crippen molar-refractivity contribution in [1.29, 1.82) is 5.26 Å². The molecular weight excluding hydrogens is 408 g/mol. The molecule has 4 aromatic heterocycles. The minimum atomic E-state index is -0.688. The maximum absolute atomic E-state index is 13.2. The smallest absolute Gasteiger partial charge is 0.276 e. The summed E-state index contributed by atoms with van der Waals surface area (Å²) in [7, 11) is 0. The van der Waals surface area contributed by atoms with Gasteiger partial charge in [-0.05, 0) is 44.0 Å². The molecule has 0 unspecified atom stereocenters. The third-order valence-corrected chi connectivity index (χ3v) is 6.10. The number of aromatic nitrogens is 6. The summed E-state index contributed by atoms with van der Waals surface area (Å²) >= 11 is 0. The number of nitrogens with one attached hydrogen (secondary N) is 1. The Hall–Kier alpha value is -4.26. The molecule has 10 heteroatoms. The highest BCUT2D eigenvalue weighted by molar-refractivity contribution is 5.95. The first-order valence-electron chi connectivity index (χ1n) is 10.3. The minimum absolute atomic E-state index is 0.161. The number of pyridine rings is 1. The molecule has 10 nitrogen and oxygen atoms in total. The molecular formula is C22H20N8O2. The van der Waals surface area contributed by atoms with Gasteiger partial charge in [0.1, 0.15) is 10.9 Å². The quantitative estimate of drug-likeness (QED) is 0.528. The molecule has 1 fully saturated rings. The highest BCUT2D eigenvalue weighted by Crippen LogP contribution is 2.34. The largest absolute Gasteiger partial charge is 0.338 e. The van der Waals surface area contributed by atoms with E-state index in [0.29, 0.717) is 42.7 Å². The summed E-state index contributed by atoms with van der Waals surface area (Å²) < 4.78 is 2.92. The maximum Gasteiger partial charge on any atom is 0.276 e. The third kappa shape index (κ3) is 3.06. The van der Waals surface area contributed by atoms with E-state index in [0.717, 1.165) is 5.69 Å². The molecule has 1 aliphatic rings. The molecule has 32 heavy (non-hydrogen) atoms. The van der Waals surface area contributed by atoms with Crippen LogP contribution in [0, 0.1) is 18.3 Å². The second-order valence-corrected chi connectivity index (χ2v) is 7.87. The Morgan fingerprint density at radius 3 is 2.75 bits per heavy atom. The predicted octanol–water partition coefficient (Wildman–Crippen LogP) is 1.61. The molecule has 160 valence electrons. The Balaban J connectivity index is 1.39. The van der Waals surface area contributed by atoms with Crippen molar-refractivity contribution in [1.82, 2.24) is 34.3 Å². The van der Waals surface area contributed by atoms with Gasteiger partial charge in [-0.1, -0.05) is 6.07 Å². The summed E-state index contributed by atoms with van der Waals surface area (Å²) in [6.07, 6.45) is 5.88. The average Bonchev–Trinajstić information content (AvgIpc) is 3.46. The maximum atomic E-state index is 13.2. The van der Waals surface area contributed by atoms with Gasteiger partial charge in [0.2, 0.25) is 5.95 Å². The van der Waals surface area contributed by atoms with Crippen molar-refractivity contribution in [3.05, 3.63) is 76.2 Å². The van der Waals surface area contributed by atoms with Gasteiger partial charge in [-0.3, -0.25) is 19.6 Å². The van der Waals surface area contributed by atoms with Crippen LogP contribution in [0.5, 0.6) is 0 Å². The molecule has 1 amide bonds. The number of nitrogens with zero attached hydrogens (tertiary/aromatic N) is 7. The molecule has 0 saturated carbocycles. The van der Waals surface area contributed by atoms with Crippen molar-refractivity contribution in [2.24, 2.45) is 0 Å². The van der Waals surface area contributed by atoms with Crippen molar-refractivity contribution < 1.29 is 4.79 Å². The molecule has 5 heterocycles. The molecule has 0 aromatic carbocycles. The van der Waals surface area contributed by atoms with Crippen molar-refractivity contribution in [2.45, 2.75) is 25.2 Å². The molecule has 5 rings (SSSR count). The van der Waals surface area contributed by atoms with E-state index in [1.165, 1.54) is 15.4 Å². The third-order valence-electron chi connectivity index (χ3n) is 6.10. The number of likely N-dealkylation sites (tertiary alicyclic amines) is 1. The summed E-state index contributed by atoms with van der Waals surface area (Å²) in [6.45, 7) is 2.65. The SMILES string of the molecule is Cc1c(C(=O)N2CCC(C#N)(c3ccccn3)CC2)cnn1-c1nn2cccc2c(=O)[nH]1. The Bertz CT molecular complexity index is 1400. The minimum Gasteiger partial charge on any atom is -0.338 e. The molecule has 0 atom stereocenters. The van der Waals surface area contributed by atoms with Crippen LogP contribution < -0.4 is 5.56 Å².